The molecule has 4 N–H and O–H groups in total. The van der Waals surface area contributed by atoms with E-state index in [2.05, 4.69) is 22.5 Å². The van der Waals surface area contributed by atoms with Gasteiger partial charge in [0.05, 0.1) is 57.6 Å². The number of β-amino-alcohol motifs (C(OH)–C–C–N with tert-alkyl or cyclic N) is 1. The molecule has 3 unspecified atom stereocenters. The van der Waals surface area contributed by atoms with E-state index in [4.69, 9.17) is 9.84 Å². The van der Waals surface area contributed by atoms with Crippen molar-refractivity contribution < 1.29 is 54.1 Å². The molecule has 0 aliphatic carbocycles. The maximum absolute atomic E-state index is 15.1. The number of ether oxygens (including phenoxy) is 1. The predicted molar refractivity (Wildman–Crippen MR) is 165 cm³/mol. The zero-order valence-electron chi connectivity index (χ0n) is 24.9. The Balaban J connectivity index is 1.57. The first-order valence-electron chi connectivity index (χ1n) is 14.2. The molecule has 0 saturated carbocycles. The largest absolute Gasteiger partial charge is 0.482 e. The number of likely N-dealkylation sites (tertiary alicyclic amines) is 1. The summed E-state index contributed by atoms with van der Waals surface area (Å²) in [6.45, 7) is -1.84. The van der Waals surface area contributed by atoms with E-state index in [1.165, 1.54) is 12.1 Å². The van der Waals surface area contributed by atoms with Crippen LogP contribution in [-0.4, -0.2) is 99.8 Å². The standard InChI is InChI=1S/C30H32F7N3O5S2/c1-47(43,44)19-7-8-24(26(12-19)45-17-30(35,36)37)38-10-3-6-27-21(13-29(32,33)34)20-4-2-5-25(28(20)46-27)39-23-9-11-40(15-22(23)31)14-18(42)16-41/h2,4-5,7-8,12,18,22-23,38-39,41-42H,9-11,13-17H2,1H3. The second-order valence-corrected chi connectivity index (χ2v) is 14.1. The summed E-state index contributed by atoms with van der Waals surface area (Å²) in [5.41, 5.74) is 0.341. The van der Waals surface area contributed by atoms with Gasteiger partial charge in [0, 0.05) is 32.0 Å². The Morgan fingerprint density at radius 3 is 2.51 bits per heavy atom. The maximum atomic E-state index is 15.1. The Morgan fingerprint density at radius 1 is 1.13 bits per heavy atom. The number of piperidine rings is 1. The van der Waals surface area contributed by atoms with E-state index in [1.807, 2.05) is 0 Å². The lowest BCUT2D eigenvalue weighted by Gasteiger charge is -2.36. The van der Waals surface area contributed by atoms with Crippen LogP contribution in [0.15, 0.2) is 41.3 Å². The SMILES string of the molecule is CS(=O)(=O)c1ccc(NCC#Cc2sc3c(NC4CCN(CC(O)CO)CC4F)cccc3c2CC(F)(F)F)c(OCC(F)(F)F)c1. The molecule has 17 heteroatoms. The van der Waals surface area contributed by atoms with Gasteiger partial charge in [-0.1, -0.05) is 24.0 Å². The molecule has 258 valence electrons. The highest BCUT2D eigenvalue weighted by molar-refractivity contribution is 7.90. The molecule has 3 aromatic rings. The highest BCUT2D eigenvalue weighted by atomic mass is 32.2. The molecule has 1 aromatic heterocycles. The van der Waals surface area contributed by atoms with Crippen molar-refractivity contribution in [1.82, 2.24) is 4.90 Å². The van der Waals surface area contributed by atoms with Crippen LogP contribution < -0.4 is 15.4 Å². The van der Waals surface area contributed by atoms with Crippen LogP contribution in [0.25, 0.3) is 10.1 Å². The fourth-order valence-electron chi connectivity index (χ4n) is 5.04. The first kappa shape index (κ1) is 36.5. The minimum atomic E-state index is -4.70. The Bertz CT molecular complexity index is 1720. The number of aliphatic hydroxyl groups is 2. The fourth-order valence-corrected chi connectivity index (χ4v) is 6.84. The van der Waals surface area contributed by atoms with Gasteiger partial charge >= 0.3 is 12.4 Å². The number of nitrogens with one attached hydrogen (secondary N) is 2. The van der Waals surface area contributed by atoms with Crippen LogP contribution in [0.5, 0.6) is 5.75 Å². The lowest BCUT2D eigenvalue weighted by Crippen LogP contribution is -2.50. The Labute approximate surface area is 270 Å². The van der Waals surface area contributed by atoms with Crippen LogP contribution in [-0.2, 0) is 16.3 Å². The van der Waals surface area contributed by atoms with E-state index < -0.39 is 65.9 Å². The molecule has 3 atom stereocenters. The summed E-state index contributed by atoms with van der Waals surface area (Å²) < 4.78 is 123. The minimum Gasteiger partial charge on any atom is -0.482 e. The van der Waals surface area contributed by atoms with Crippen molar-refractivity contribution in [3.8, 4) is 17.6 Å². The van der Waals surface area contributed by atoms with Crippen LogP contribution in [0, 0.1) is 11.8 Å². The number of hydrogen-bond donors (Lipinski definition) is 4. The van der Waals surface area contributed by atoms with Gasteiger partial charge in [-0.25, -0.2) is 12.8 Å². The maximum Gasteiger partial charge on any atom is 0.422 e. The van der Waals surface area contributed by atoms with Gasteiger partial charge in [-0.15, -0.1) is 11.3 Å². The number of anilines is 2. The van der Waals surface area contributed by atoms with Gasteiger partial charge in [0.25, 0.3) is 0 Å². The molecule has 0 spiro atoms. The molecule has 1 fully saturated rings. The number of hydrogen-bond acceptors (Lipinski definition) is 9. The number of fused-ring (bicyclic) bond motifs is 1. The molecule has 0 amide bonds. The molecule has 1 aliphatic heterocycles. The summed E-state index contributed by atoms with van der Waals surface area (Å²) >= 11 is 0.984. The number of sulfone groups is 1. The van der Waals surface area contributed by atoms with Crippen molar-refractivity contribution in [1.29, 1.82) is 0 Å². The topological polar surface area (TPSA) is 111 Å². The second kappa shape index (κ2) is 14.9. The van der Waals surface area contributed by atoms with E-state index in [0.29, 0.717) is 23.4 Å². The Hall–Kier alpha value is -3.30. The summed E-state index contributed by atoms with van der Waals surface area (Å²) in [5, 5.41) is 24.9. The molecule has 0 radical (unpaired) electrons. The third kappa shape index (κ3) is 10.3. The molecular weight excluding hydrogens is 679 g/mol. The number of alkyl halides is 7. The van der Waals surface area contributed by atoms with Crippen molar-refractivity contribution in [3.05, 3.63) is 46.8 Å². The Kier molecular flexibility index (Phi) is 11.5. The average Bonchev–Trinajstić information content (AvgIpc) is 3.31. The lowest BCUT2D eigenvalue weighted by atomic mass is 10.0. The van der Waals surface area contributed by atoms with Gasteiger partial charge in [-0.05, 0) is 35.6 Å². The van der Waals surface area contributed by atoms with Crippen molar-refractivity contribution in [2.45, 2.75) is 48.4 Å². The van der Waals surface area contributed by atoms with Crippen LogP contribution in [0.1, 0.15) is 16.9 Å². The van der Waals surface area contributed by atoms with Gasteiger partial charge < -0.3 is 25.6 Å². The first-order chi connectivity index (χ1) is 21.9. The average molecular weight is 712 g/mol. The first-order valence-corrected chi connectivity index (χ1v) is 16.9. The molecule has 4 rings (SSSR count). The van der Waals surface area contributed by atoms with Crippen LogP contribution in [0.3, 0.4) is 0 Å². The number of halogens is 7. The van der Waals surface area contributed by atoms with Crippen LogP contribution >= 0.6 is 11.3 Å². The van der Waals surface area contributed by atoms with E-state index in [0.717, 1.165) is 29.7 Å². The second-order valence-electron chi connectivity index (χ2n) is 11.0. The third-order valence-corrected chi connectivity index (χ3v) is 9.49. The summed E-state index contributed by atoms with van der Waals surface area (Å²) in [4.78, 5) is 1.51. The van der Waals surface area contributed by atoms with Gasteiger partial charge in [-0.2, -0.15) is 26.3 Å². The van der Waals surface area contributed by atoms with E-state index in [1.54, 1.807) is 17.0 Å². The zero-order valence-corrected chi connectivity index (χ0v) is 26.5. The summed E-state index contributed by atoms with van der Waals surface area (Å²) in [6, 6.07) is 7.35. The molecule has 47 heavy (non-hydrogen) atoms. The molecular formula is C30H32F7N3O5S2. The van der Waals surface area contributed by atoms with Gasteiger partial charge in [0.15, 0.2) is 16.4 Å². The smallest absolute Gasteiger partial charge is 0.422 e. The monoisotopic (exact) mass is 711 g/mol. The van der Waals surface area contributed by atoms with Gasteiger partial charge in [-0.3, -0.25) is 4.90 Å². The minimum absolute atomic E-state index is 0.00185. The molecule has 1 saturated heterocycles. The van der Waals surface area contributed by atoms with E-state index in [9.17, 15) is 39.9 Å². The highest BCUT2D eigenvalue weighted by Gasteiger charge is 2.33. The Morgan fingerprint density at radius 2 is 1.87 bits per heavy atom. The van der Waals surface area contributed by atoms with Crippen molar-refractivity contribution in [3.63, 3.8) is 0 Å². The number of benzene rings is 2. The fraction of sp³-hybridized carbons (Fsp3) is 0.467. The van der Waals surface area contributed by atoms with E-state index in [-0.39, 0.29) is 46.0 Å². The summed E-state index contributed by atoms with van der Waals surface area (Å²) in [7, 11) is -3.77. The summed E-state index contributed by atoms with van der Waals surface area (Å²) in [5.74, 6) is 4.99. The van der Waals surface area contributed by atoms with Crippen molar-refractivity contribution in [2.75, 3.05) is 56.3 Å². The predicted octanol–water partition coefficient (Wildman–Crippen LogP) is 4.99. The number of aliphatic hydroxyl groups excluding tert-OH is 2. The van der Waals surface area contributed by atoms with Crippen molar-refractivity contribution >= 4 is 42.6 Å². The third-order valence-electron chi connectivity index (χ3n) is 7.18. The zero-order chi connectivity index (χ0) is 34.6. The molecule has 2 heterocycles. The van der Waals surface area contributed by atoms with Crippen LogP contribution in [0.4, 0.5) is 42.1 Å². The number of rotatable bonds is 11. The quantitative estimate of drug-likeness (QED) is 0.163. The molecule has 0 bridgehead atoms. The van der Waals surface area contributed by atoms with Crippen molar-refractivity contribution in [2.24, 2.45) is 0 Å². The summed E-state index contributed by atoms with van der Waals surface area (Å²) in [6.07, 6.45) is -11.7. The number of nitrogens with zero attached hydrogens (tertiary/aromatic N) is 1. The van der Waals surface area contributed by atoms with Gasteiger partial charge in [0.1, 0.15) is 11.9 Å². The van der Waals surface area contributed by atoms with Gasteiger partial charge in [0.2, 0.25) is 0 Å². The van der Waals surface area contributed by atoms with Crippen LogP contribution in [0.2, 0.25) is 0 Å². The molecule has 8 nitrogen and oxygen atoms in total. The molecule has 2 aromatic carbocycles. The lowest BCUT2D eigenvalue weighted by molar-refractivity contribution is -0.153. The molecule has 1 aliphatic rings. The van der Waals surface area contributed by atoms with E-state index >= 15 is 4.39 Å². The number of thiophene rings is 1. The highest BCUT2D eigenvalue weighted by Crippen LogP contribution is 2.40. The normalized spacial score (nSPS) is 18.4.